The minimum Gasteiger partial charge on any atom is 0 e. The molecule has 0 aromatic rings. The molecule has 0 radical (unpaired) electrons. The Bertz CT molecular complexity index is 360. The average Bonchev–Trinajstić information content (AvgIpc) is 2.05. The molecular weight excluding hydrogens is 144 g/mol. The molecule has 0 aromatic carbocycles. The lowest BCUT2D eigenvalue weighted by molar-refractivity contribution is 2.31. The zero-order valence-electron chi connectivity index (χ0n) is 6.00. The molecule has 0 unspecified atom stereocenters. The predicted octanol–water partition coefficient (Wildman–Crippen LogP) is 0.0204. The topological polar surface area (TPSA) is 0 Å². The quantitative estimate of drug-likeness (QED) is 0.420. The summed E-state index contributed by atoms with van der Waals surface area (Å²) in [5.41, 5.74) is 0. The van der Waals surface area contributed by atoms with Crippen molar-refractivity contribution in [3.05, 3.63) is 0 Å². The molecule has 0 spiro atoms. The predicted molar refractivity (Wildman–Crippen MR) is 46.7 cm³/mol. The highest BCUT2D eigenvalue weighted by Crippen LogP contribution is 1.59. The van der Waals surface area contributed by atoms with E-state index in [9.17, 15) is 0 Å². The van der Waals surface area contributed by atoms with Crippen LogP contribution in [0.4, 0.5) is 0 Å². The molecule has 0 saturated carbocycles. The van der Waals surface area contributed by atoms with Crippen molar-refractivity contribution in [2.45, 2.75) is 0 Å². The maximum atomic E-state index is 2.50. The normalized spacial score (nSPS) is 8.00. The maximum Gasteiger partial charge on any atom is 0 e. The molecular formula is C12. The molecule has 0 nitrogen and oxygen atoms in total. The summed E-state index contributed by atoms with van der Waals surface area (Å²) in [4.78, 5) is 0. The molecule has 0 heterocycles. The van der Waals surface area contributed by atoms with Gasteiger partial charge in [-0.15, -0.1) is 0 Å². The third-order valence-corrected chi connectivity index (χ3v) is 0.750. The molecule has 1 aliphatic rings. The lowest BCUT2D eigenvalue weighted by Gasteiger charge is -1.58. The highest BCUT2D eigenvalue weighted by molar-refractivity contribution is 5.47. The molecule has 0 amide bonds. The van der Waals surface area contributed by atoms with Crippen LogP contribution < -0.4 is 0 Å². The van der Waals surface area contributed by atoms with Crippen LogP contribution in [0, 0.1) is 71.0 Å². The number of hydrogen-bond donors (Lipinski definition) is 0. The Morgan fingerprint density at radius 1 is 0.167 bits per heavy atom. The van der Waals surface area contributed by atoms with Crippen LogP contribution in [0.1, 0.15) is 0 Å². The van der Waals surface area contributed by atoms with Gasteiger partial charge in [0.15, 0.2) is 0 Å². The van der Waals surface area contributed by atoms with Crippen molar-refractivity contribution in [2.75, 3.05) is 0 Å². The summed E-state index contributed by atoms with van der Waals surface area (Å²) in [6.45, 7) is 0. The molecule has 0 N–H and O–H groups in total. The molecule has 0 heteroatoms. The molecule has 1 rings (SSSR count). The van der Waals surface area contributed by atoms with Gasteiger partial charge in [-0.05, 0) is 0 Å². The lowest BCUT2D eigenvalue weighted by atomic mass is 10.4. The first kappa shape index (κ1) is 7.47. The first-order valence-corrected chi connectivity index (χ1v) is 3.00. The van der Waals surface area contributed by atoms with Crippen LogP contribution >= 0.6 is 0 Å². The van der Waals surface area contributed by atoms with E-state index in [0.717, 1.165) is 0 Å². The fourth-order valence-electron chi connectivity index (χ4n) is 0.375. The molecule has 48 valence electrons. The Hall–Kier alpha value is -2.64. The van der Waals surface area contributed by atoms with Gasteiger partial charge >= 0.3 is 0 Å². The number of rotatable bonds is 0. The Kier molecular flexibility index (Phi) is 3.22. The minimum absolute atomic E-state index is 2.50. The van der Waals surface area contributed by atoms with Gasteiger partial charge in [-0.2, -0.15) is 0 Å². The van der Waals surface area contributed by atoms with E-state index < -0.39 is 0 Å². The Morgan fingerprint density at radius 3 is 0.333 bits per heavy atom. The summed E-state index contributed by atoms with van der Waals surface area (Å²) < 4.78 is 0. The van der Waals surface area contributed by atoms with Crippen molar-refractivity contribution in [2.24, 2.45) is 0 Å². The summed E-state index contributed by atoms with van der Waals surface area (Å²) >= 11 is 0. The van der Waals surface area contributed by atoms with E-state index >= 15 is 0 Å². The van der Waals surface area contributed by atoms with Gasteiger partial charge in [-0.25, -0.2) is 0 Å². The van der Waals surface area contributed by atoms with Crippen molar-refractivity contribution in [1.29, 1.82) is 0 Å². The zero-order chi connectivity index (χ0) is 8.49. The molecule has 0 saturated heterocycles. The van der Waals surface area contributed by atoms with Gasteiger partial charge in [-0.1, -0.05) is 0 Å². The van der Waals surface area contributed by atoms with Crippen molar-refractivity contribution in [1.82, 2.24) is 0 Å². The minimum atomic E-state index is 2.50. The van der Waals surface area contributed by atoms with Gasteiger partial charge in [0.2, 0.25) is 0 Å². The van der Waals surface area contributed by atoms with Crippen LogP contribution in [-0.4, -0.2) is 0 Å². The Balaban J connectivity index is 3.00. The van der Waals surface area contributed by atoms with E-state index in [4.69, 9.17) is 0 Å². The molecule has 0 atom stereocenters. The van der Waals surface area contributed by atoms with Crippen molar-refractivity contribution in [3.63, 3.8) is 0 Å². The summed E-state index contributed by atoms with van der Waals surface area (Å²) in [5.74, 6) is 30.0. The van der Waals surface area contributed by atoms with Crippen LogP contribution in [0.25, 0.3) is 0 Å². The first-order valence-electron chi connectivity index (χ1n) is 3.00. The van der Waals surface area contributed by atoms with Crippen LogP contribution in [-0.2, 0) is 0 Å². The van der Waals surface area contributed by atoms with E-state index in [1.165, 1.54) is 0 Å². The third kappa shape index (κ3) is 3.40. The lowest BCUT2D eigenvalue weighted by Crippen LogP contribution is -1.57. The van der Waals surface area contributed by atoms with Gasteiger partial charge in [0.05, 0.1) is 0 Å². The fourth-order valence-corrected chi connectivity index (χ4v) is 0.375. The highest BCUT2D eigenvalue weighted by atomic mass is 13.6. The summed E-state index contributed by atoms with van der Waals surface area (Å²) in [6, 6.07) is 0. The van der Waals surface area contributed by atoms with Gasteiger partial charge in [-0.3, -0.25) is 0 Å². The second kappa shape index (κ2) is 5.17. The third-order valence-electron chi connectivity index (χ3n) is 0.750. The largest absolute Gasteiger partial charge is 0 e. The van der Waals surface area contributed by atoms with Crippen LogP contribution in [0.5, 0.6) is 0 Å². The molecule has 12 heavy (non-hydrogen) atoms. The number of hydrogen-bond acceptors (Lipinski definition) is 0. The van der Waals surface area contributed by atoms with E-state index in [-0.39, 0.29) is 0 Å². The van der Waals surface area contributed by atoms with E-state index in [1.807, 2.05) is 0 Å². The van der Waals surface area contributed by atoms with Gasteiger partial charge in [0.25, 0.3) is 0 Å². The maximum absolute atomic E-state index is 2.50. The average molecular weight is 144 g/mol. The SMILES string of the molecule is C1#CC#CC#CC#CC#CC#C1. The van der Waals surface area contributed by atoms with Crippen LogP contribution in [0.2, 0.25) is 0 Å². The molecule has 1 aliphatic carbocycles. The monoisotopic (exact) mass is 144 g/mol. The van der Waals surface area contributed by atoms with E-state index in [0.29, 0.717) is 0 Å². The first-order chi connectivity index (χ1) is 6.00. The highest BCUT2D eigenvalue weighted by Gasteiger charge is 1.59. The second-order valence-electron chi connectivity index (χ2n) is 1.50. The summed E-state index contributed by atoms with van der Waals surface area (Å²) in [6.07, 6.45) is 0. The van der Waals surface area contributed by atoms with Gasteiger partial charge in [0.1, 0.15) is 0 Å². The Labute approximate surface area is 71.7 Å². The zero-order valence-corrected chi connectivity index (χ0v) is 6.00. The second-order valence-corrected chi connectivity index (χ2v) is 1.50. The fraction of sp³-hybridized carbons (Fsp3) is 0. The van der Waals surface area contributed by atoms with E-state index in [1.54, 1.807) is 0 Å². The van der Waals surface area contributed by atoms with E-state index in [2.05, 4.69) is 71.0 Å². The van der Waals surface area contributed by atoms with Crippen molar-refractivity contribution in [3.8, 4) is 71.0 Å². The standard InChI is InChI=1S/C12/c1-2-4-6-8-10-12-11-9-7-5-3-1. The van der Waals surface area contributed by atoms with Crippen molar-refractivity contribution < 1.29 is 0 Å². The van der Waals surface area contributed by atoms with Crippen LogP contribution in [0.15, 0.2) is 0 Å². The summed E-state index contributed by atoms with van der Waals surface area (Å²) in [5, 5.41) is 0. The molecule has 0 aromatic heterocycles. The molecule has 0 aliphatic heterocycles. The van der Waals surface area contributed by atoms with Gasteiger partial charge < -0.3 is 0 Å². The summed E-state index contributed by atoms with van der Waals surface area (Å²) in [7, 11) is 0. The Morgan fingerprint density at radius 2 is 0.250 bits per heavy atom. The molecule has 0 bridgehead atoms. The molecule has 0 fully saturated rings. The van der Waals surface area contributed by atoms with Crippen molar-refractivity contribution >= 4 is 0 Å². The van der Waals surface area contributed by atoms with Gasteiger partial charge in [0, 0.05) is 71.0 Å². The van der Waals surface area contributed by atoms with Crippen LogP contribution in [0.3, 0.4) is 0 Å². The smallest absolute Gasteiger partial charge is 0 e.